The molecule has 2 aromatic carbocycles. The molecule has 4 rings (SSSR count). The summed E-state index contributed by atoms with van der Waals surface area (Å²) in [5.41, 5.74) is 8.12. The molecule has 0 spiro atoms. The zero-order valence-corrected chi connectivity index (χ0v) is 17.7. The fraction of sp³-hybridized carbons (Fsp3) is 0.348. The van der Waals surface area contributed by atoms with Gasteiger partial charge in [-0.25, -0.2) is 0 Å². The first-order valence-corrected chi connectivity index (χ1v) is 10.5. The van der Waals surface area contributed by atoms with E-state index in [0.717, 1.165) is 48.1 Å². The van der Waals surface area contributed by atoms with Crippen molar-refractivity contribution in [3.63, 3.8) is 0 Å². The summed E-state index contributed by atoms with van der Waals surface area (Å²) in [6, 6.07) is 13.2. The van der Waals surface area contributed by atoms with E-state index in [1.165, 1.54) is 0 Å². The number of benzene rings is 2. The van der Waals surface area contributed by atoms with E-state index in [1.54, 1.807) is 6.07 Å². The van der Waals surface area contributed by atoms with Crippen LogP contribution in [0.25, 0.3) is 22.2 Å². The summed E-state index contributed by atoms with van der Waals surface area (Å²) >= 11 is 0. The normalized spacial score (nSPS) is 15.6. The number of amidine groups is 1. The summed E-state index contributed by atoms with van der Waals surface area (Å²) in [6.07, 6.45) is 1.70. The predicted octanol–water partition coefficient (Wildman–Crippen LogP) is 3.10. The van der Waals surface area contributed by atoms with Crippen LogP contribution in [-0.2, 0) is 4.79 Å². The van der Waals surface area contributed by atoms with Crippen LogP contribution < -0.4 is 16.3 Å². The molecule has 31 heavy (non-hydrogen) atoms. The van der Waals surface area contributed by atoms with Gasteiger partial charge in [-0.2, -0.15) is 5.10 Å². The number of rotatable bonds is 5. The van der Waals surface area contributed by atoms with Crippen LogP contribution in [0.15, 0.2) is 52.1 Å². The molecule has 0 unspecified atom stereocenters. The molecular weight excluding hydrogens is 394 g/mol. The molecule has 2 heterocycles. The lowest BCUT2D eigenvalue weighted by atomic mass is 10.0. The molecule has 8 nitrogen and oxygen atoms in total. The second-order valence-electron chi connectivity index (χ2n) is 8.08. The van der Waals surface area contributed by atoms with Crippen LogP contribution in [0.3, 0.4) is 0 Å². The quantitative estimate of drug-likeness (QED) is 0.283. The van der Waals surface area contributed by atoms with Crippen molar-refractivity contribution < 1.29 is 14.1 Å². The molecule has 0 radical (unpaired) electrons. The highest BCUT2D eigenvalue weighted by Gasteiger charge is 2.25. The number of piperidine rings is 1. The number of hydrazone groups is 1. The SMILES string of the molecule is CC(C)C(=O)N1CCC(Oc2cccc(-c3onc4ccc(/C(N)=N/N)cc34)c2)CC1. The molecule has 162 valence electrons. The second-order valence-corrected chi connectivity index (χ2v) is 8.08. The Morgan fingerprint density at radius 1 is 1.23 bits per heavy atom. The first-order valence-electron chi connectivity index (χ1n) is 10.5. The minimum Gasteiger partial charge on any atom is -0.490 e. The third-order valence-electron chi connectivity index (χ3n) is 5.56. The monoisotopic (exact) mass is 421 g/mol. The summed E-state index contributed by atoms with van der Waals surface area (Å²) in [4.78, 5) is 14.1. The van der Waals surface area contributed by atoms with Gasteiger partial charge in [-0.1, -0.05) is 31.1 Å². The van der Waals surface area contributed by atoms with E-state index >= 15 is 0 Å². The van der Waals surface area contributed by atoms with Crippen LogP contribution >= 0.6 is 0 Å². The zero-order chi connectivity index (χ0) is 22.0. The Kier molecular flexibility index (Phi) is 5.79. The fourth-order valence-corrected chi connectivity index (χ4v) is 3.85. The first-order chi connectivity index (χ1) is 15.0. The van der Waals surface area contributed by atoms with Gasteiger partial charge < -0.3 is 25.7 Å². The third-order valence-corrected chi connectivity index (χ3v) is 5.56. The summed E-state index contributed by atoms with van der Waals surface area (Å²) in [6.45, 7) is 5.31. The Bertz CT molecular complexity index is 1110. The van der Waals surface area contributed by atoms with E-state index < -0.39 is 0 Å². The number of fused-ring (bicyclic) bond motifs is 1. The van der Waals surface area contributed by atoms with Gasteiger partial charge in [0.05, 0.1) is 5.39 Å². The van der Waals surface area contributed by atoms with E-state index in [2.05, 4.69) is 10.3 Å². The van der Waals surface area contributed by atoms with Crippen LogP contribution in [0.2, 0.25) is 0 Å². The van der Waals surface area contributed by atoms with Crippen molar-refractivity contribution in [1.29, 1.82) is 0 Å². The van der Waals surface area contributed by atoms with Gasteiger partial charge in [0.15, 0.2) is 5.76 Å². The molecule has 0 saturated carbocycles. The van der Waals surface area contributed by atoms with Crippen molar-refractivity contribution in [3.8, 4) is 17.1 Å². The zero-order valence-electron chi connectivity index (χ0n) is 17.7. The average molecular weight is 422 g/mol. The molecule has 0 atom stereocenters. The molecule has 3 aromatic rings. The van der Waals surface area contributed by atoms with Gasteiger partial charge in [0.1, 0.15) is 23.2 Å². The van der Waals surface area contributed by atoms with Crippen LogP contribution in [0, 0.1) is 5.92 Å². The maximum atomic E-state index is 12.2. The molecule has 1 fully saturated rings. The highest BCUT2D eigenvalue weighted by Crippen LogP contribution is 2.32. The van der Waals surface area contributed by atoms with Gasteiger partial charge in [-0.15, -0.1) is 0 Å². The van der Waals surface area contributed by atoms with E-state index in [1.807, 2.05) is 55.1 Å². The average Bonchev–Trinajstić information content (AvgIpc) is 3.22. The van der Waals surface area contributed by atoms with Crippen LogP contribution in [0.5, 0.6) is 5.75 Å². The van der Waals surface area contributed by atoms with Crippen molar-refractivity contribution in [2.75, 3.05) is 13.1 Å². The lowest BCUT2D eigenvalue weighted by molar-refractivity contribution is -0.136. The summed E-state index contributed by atoms with van der Waals surface area (Å²) < 4.78 is 11.8. The molecule has 1 amide bonds. The molecule has 1 aromatic heterocycles. The highest BCUT2D eigenvalue weighted by molar-refractivity contribution is 6.02. The predicted molar refractivity (Wildman–Crippen MR) is 119 cm³/mol. The number of amides is 1. The van der Waals surface area contributed by atoms with Crippen LogP contribution in [0.1, 0.15) is 32.3 Å². The molecule has 1 aliphatic rings. The Labute approximate surface area is 180 Å². The molecule has 1 aliphatic heterocycles. The van der Waals surface area contributed by atoms with Crippen molar-refractivity contribution in [1.82, 2.24) is 10.1 Å². The number of nitrogens with zero attached hydrogens (tertiary/aromatic N) is 3. The fourth-order valence-electron chi connectivity index (χ4n) is 3.85. The van der Waals surface area contributed by atoms with Crippen molar-refractivity contribution >= 4 is 22.6 Å². The first kappa shape index (κ1) is 20.7. The third kappa shape index (κ3) is 4.33. The second kappa shape index (κ2) is 8.67. The summed E-state index contributed by atoms with van der Waals surface area (Å²) in [5.74, 6) is 7.17. The minimum atomic E-state index is 0.0258. The number of hydrogen-bond acceptors (Lipinski definition) is 6. The van der Waals surface area contributed by atoms with Crippen LogP contribution in [-0.4, -0.2) is 41.0 Å². The van der Waals surface area contributed by atoms with E-state index in [-0.39, 0.29) is 23.8 Å². The molecular formula is C23H27N5O3. The largest absolute Gasteiger partial charge is 0.490 e. The highest BCUT2D eigenvalue weighted by atomic mass is 16.5. The maximum Gasteiger partial charge on any atom is 0.225 e. The van der Waals surface area contributed by atoms with Crippen molar-refractivity contribution in [3.05, 3.63) is 48.0 Å². The minimum absolute atomic E-state index is 0.0258. The standard InChI is InChI=1S/C23H27N5O3/c1-14(2)23(29)28-10-8-17(9-11-28)30-18-5-3-4-15(12-18)21-19-13-16(22(24)26-25)6-7-20(19)27-31-21/h3-7,12-14,17H,8-11,25H2,1-2H3,(H2,24,26). The van der Waals surface area contributed by atoms with Gasteiger partial charge in [0.2, 0.25) is 5.91 Å². The number of hydrogen-bond donors (Lipinski definition) is 2. The lowest BCUT2D eigenvalue weighted by Gasteiger charge is -2.33. The van der Waals surface area contributed by atoms with Gasteiger partial charge in [-0.05, 0) is 30.3 Å². The van der Waals surface area contributed by atoms with Gasteiger partial charge in [0.25, 0.3) is 0 Å². The van der Waals surface area contributed by atoms with Gasteiger partial charge in [0, 0.05) is 43.0 Å². The molecule has 1 saturated heterocycles. The molecule has 0 aliphatic carbocycles. The number of nitrogens with two attached hydrogens (primary N) is 2. The Balaban J connectivity index is 1.51. The van der Waals surface area contributed by atoms with Crippen molar-refractivity contribution in [2.45, 2.75) is 32.8 Å². The van der Waals surface area contributed by atoms with E-state index in [0.29, 0.717) is 11.3 Å². The van der Waals surface area contributed by atoms with Gasteiger partial charge in [-0.3, -0.25) is 4.79 Å². The van der Waals surface area contributed by atoms with E-state index in [4.69, 9.17) is 20.8 Å². The Hall–Kier alpha value is -3.55. The smallest absolute Gasteiger partial charge is 0.225 e. The van der Waals surface area contributed by atoms with E-state index in [9.17, 15) is 4.79 Å². The number of aromatic nitrogens is 1. The summed E-state index contributed by atoms with van der Waals surface area (Å²) in [7, 11) is 0. The topological polar surface area (TPSA) is 120 Å². The van der Waals surface area contributed by atoms with Crippen LogP contribution in [0.4, 0.5) is 0 Å². The number of carbonyl (C=O) groups is 1. The number of ether oxygens (including phenoxy) is 1. The molecule has 8 heteroatoms. The van der Waals surface area contributed by atoms with Crippen molar-refractivity contribution in [2.24, 2.45) is 22.6 Å². The Morgan fingerprint density at radius 3 is 2.71 bits per heavy atom. The number of likely N-dealkylation sites (tertiary alicyclic amines) is 1. The molecule has 0 bridgehead atoms. The maximum absolute atomic E-state index is 12.2. The summed E-state index contributed by atoms with van der Waals surface area (Å²) in [5, 5.41) is 8.52. The number of carbonyl (C=O) groups excluding carboxylic acids is 1. The Morgan fingerprint density at radius 2 is 2.00 bits per heavy atom. The molecule has 4 N–H and O–H groups in total. The van der Waals surface area contributed by atoms with Gasteiger partial charge >= 0.3 is 0 Å². The lowest BCUT2D eigenvalue weighted by Crippen LogP contribution is -2.43.